The fraction of sp³-hybridized carbons (Fsp3) is 0.462. The summed E-state index contributed by atoms with van der Waals surface area (Å²) in [6.07, 6.45) is 1.78. The van der Waals surface area contributed by atoms with Gasteiger partial charge in [-0.15, -0.1) is 0 Å². The van der Waals surface area contributed by atoms with E-state index in [1.54, 1.807) is 4.68 Å². The Morgan fingerprint density at radius 2 is 1.83 bits per heavy atom. The second kappa shape index (κ2) is 4.40. The zero-order chi connectivity index (χ0) is 13.4. The van der Waals surface area contributed by atoms with Crippen LogP contribution in [0.2, 0.25) is 0 Å². The molecule has 0 unspecified atom stereocenters. The van der Waals surface area contributed by atoms with Crippen LogP contribution in [0.25, 0.3) is 5.82 Å². The van der Waals surface area contributed by atoms with Crippen LogP contribution in [0.15, 0.2) is 0 Å². The minimum absolute atomic E-state index is 0.603. The number of aldehydes is 1. The van der Waals surface area contributed by atoms with Gasteiger partial charge in [0, 0.05) is 12.7 Å². The fourth-order valence-electron chi connectivity index (χ4n) is 2.44. The largest absolute Gasteiger partial charge is 0.298 e. The highest BCUT2D eigenvalue weighted by Crippen LogP contribution is 2.21. The number of hydrogen-bond acceptors (Lipinski definition) is 3. The van der Waals surface area contributed by atoms with Crippen molar-refractivity contribution in [1.29, 1.82) is 0 Å². The lowest BCUT2D eigenvalue weighted by Crippen LogP contribution is -2.08. The Bertz CT molecular complexity index is 607. The molecular formula is C13H18N4O. The van der Waals surface area contributed by atoms with Gasteiger partial charge in [0.05, 0.1) is 17.0 Å². The first-order valence-electron chi connectivity index (χ1n) is 6.05. The van der Waals surface area contributed by atoms with Crippen LogP contribution >= 0.6 is 0 Å². The molecule has 0 aromatic carbocycles. The van der Waals surface area contributed by atoms with E-state index in [1.165, 1.54) is 5.56 Å². The summed E-state index contributed by atoms with van der Waals surface area (Å²) in [5, 5.41) is 8.82. The van der Waals surface area contributed by atoms with E-state index in [0.29, 0.717) is 5.56 Å². The van der Waals surface area contributed by atoms with Gasteiger partial charge in [-0.2, -0.15) is 10.2 Å². The number of aromatic nitrogens is 4. The molecule has 0 N–H and O–H groups in total. The average Bonchev–Trinajstić information content (AvgIpc) is 2.75. The van der Waals surface area contributed by atoms with Crippen LogP contribution < -0.4 is 0 Å². The van der Waals surface area contributed by atoms with Gasteiger partial charge in [0.1, 0.15) is 0 Å². The summed E-state index contributed by atoms with van der Waals surface area (Å²) in [6.45, 7) is 7.96. The van der Waals surface area contributed by atoms with Crippen molar-refractivity contribution in [3.05, 3.63) is 28.2 Å². The Kier molecular flexibility index (Phi) is 3.07. The van der Waals surface area contributed by atoms with Crippen molar-refractivity contribution < 1.29 is 4.79 Å². The third-order valence-corrected chi connectivity index (χ3v) is 3.35. The topological polar surface area (TPSA) is 52.7 Å². The molecular weight excluding hydrogens is 228 g/mol. The molecule has 5 heteroatoms. The molecule has 2 heterocycles. The maximum absolute atomic E-state index is 11.2. The van der Waals surface area contributed by atoms with E-state index in [-0.39, 0.29) is 0 Å². The van der Waals surface area contributed by atoms with E-state index in [4.69, 9.17) is 0 Å². The molecule has 0 atom stereocenters. The van der Waals surface area contributed by atoms with Crippen LogP contribution in [0.5, 0.6) is 0 Å². The number of carbonyl (C=O) groups is 1. The van der Waals surface area contributed by atoms with Gasteiger partial charge in [-0.1, -0.05) is 6.92 Å². The molecule has 2 aromatic heterocycles. The summed E-state index contributed by atoms with van der Waals surface area (Å²) in [6, 6.07) is 0. The van der Waals surface area contributed by atoms with Crippen molar-refractivity contribution in [3.63, 3.8) is 0 Å². The average molecular weight is 246 g/mol. The predicted octanol–water partition coefficient (Wildman–Crippen LogP) is 1.91. The van der Waals surface area contributed by atoms with Gasteiger partial charge in [0.15, 0.2) is 12.1 Å². The lowest BCUT2D eigenvalue weighted by atomic mass is 10.1. The van der Waals surface area contributed by atoms with Gasteiger partial charge < -0.3 is 0 Å². The summed E-state index contributed by atoms with van der Waals surface area (Å²) < 4.78 is 3.52. The molecule has 0 spiro atoms. The Morgan fingerprint density at radius 1 is 1.17 bits per heavy atom. The highest BCUT2D eigenvalue weighted by atomic mass is 16.1. The molecule has 0 fully saturated rings. The normalized spacial score (nSPS) is 10.9. The number of rotatable bonds is 3. The van der Waals surface area contributed by atoms with Crippen molar-refractivity contribution in [3.8, 4) is 5.82 Å². The van der Waals surface area contributed by atoms with Gasteiger partial charge >= 0.3 is 0 Å². The Hall–Kier alpha value is -1.91. The second-order valence-electron chi connectivity index (χ2n) is 4.48. The summed E-state index contributed by atoms with van der Waals surface area (Å²) in [7, 11) is 1.83. The molecule has 5 nitrogen and oxygen atoms in total. The van der Waals surface area contributed by atoms with E-state index in [2.05, 4.69) is 17.1 Å². The van der Waals surface area contributed by atoms with E-state index in [1.807, 2.05) is 32.5 Å². The summed E-state index contributed by atoms with van der Waals surface area (Å²) >= 11 is 0. The predicted molar refractivity (Wildman–Crippen MR) is 69.3 cm³/mol. The molecule has 2 aromatic rings. The third-order valence-electron chi connectivity index (χ3n) is 3.35. The molecule has 2 rings (SSSR count). The maximum atomic E-state index is 11.2. The molecule has 0 saturated carbocycles. The van der Waals surface area contributed by atoms with Gasteiger partial charge in [-0.05, 0) is 32.8 Å². The van der Waals surface area contributed by atoms with Crippen LogP contribution in [0.4, 0.5) is 0 Å². The quantitative estimate of drug-likeness (QED) is 0.777. The number of nitrogens with zero attached hydrogens (tertiary/aromatic N) is 4. The highest BCUT2D eigenvalue weighted by Gasteiger charge is 2.19. The molecule has 0 aliphatic heterocycles. The van der Waals surface area contributed by atoms with Crippen LogP contribution in [0, 0.1) is 20.8 Å². The minimum Gasteiger partial charge on any atom is -0.298 e. The van der Waals surface area contributed by atoms with Crippen molar-refractivity contribution in [2.24, 2.45) is 7.05 Å². The van der Waals surface area contributed by atoms with E-state index < -0.39 is 0 Å². The first-order chi connectivity index (χ1) is 8.51. The Balaban J connectivity index is 2.73. The monoisotopic (exact) mass is 246 g/mol. The van der Waals surface area contributed by atoms with Crippen LogP contribution in [0.1, 0.15) is 39.9 Å². The Morgan fingerprint density at radius 3 is 2.33 bits per heavy atom. The molecule has 0 radical (unpaired) electrons. The number of aryl methyl sites for hydroxylation is 3. The smallest absolute Gasteiger partial charge is 0.162 e. The number of hydrogen-bond donors (Lipinski definition) is 0. The zero-order valence-corrected chi connectivity index (χ0v) is 11.5. The van der Waals surface area contributed by atoms with E-state index in [0.717, 1.165) is 35.6 Å². The van der Waals surface area contributed by atoms with Crippen LogP contribution in [-0.4, -0.2) is 25.8 Å². The summed E-state index contributed by atoms with van der Waals surface area (Å²) in [4.78, 5) is 11.2. The van der Waals surface area contributed by atoms with Gasteiger partial charge in [0.2, 0.25) is 0 Å². The van der Waals surface area contributed by atoms with Crippen molar-refractivity contribution in [2.45, 2.75) is 34.1 Å². The zero-order valence-electron chi connectivity index (χ0n) is 11.5. The van der Waals surface area contributed by atoms with Crippen molar-refractivity contribution in [2.75, 3.05) is 0 Å². The molecule has 0 bridgehead atoms. The van der Waals surface area contributed by atoms with Crippen LogP contribution in [-0.2, 0) is 13.5 Å². The highest BCUT2D eigenvalue weighted by molar-refractivity contribution is 5.81. The standard InChI is InChI=1S/C13H18N4O/c1-6-11-8(2)15-17(10(11)4)13-12(7-18)9(3)14-16(13)5/h7H,6H2,1-5H3. The van der Waals surface area contributed by atoms with E-state index in [9.17, 15) is 4.79 Å². The lowest BCUT2D eigenvalue weighted by molar-refractivity contribution is 0.112. The molecule has 0 aliphatic rings. The van der Waals surface area contributed by atoms with E-state index >= 15 is 0 Å². The molecule has 0 amide bonds. The maximum Gasteiger partial charge on any atom is 0.162 e. The fourth-order valence-corrected chi connectivity index (χ4v) is 2.44. The van der Waals surface area contributed by atoms with Crippen LogP contribution in [0.3, 0.4) is 0 Å². The van der Waals surface area contributed by atoms with Gasteiger partial charge in [-0.3, -0.25) is 9.48 Å². The molecule has 18 heavy (non-hydrogen) atoms. The number of carbonyl (C=O) groups excluding carboxylic acids is 1. The van der Waals surface area contributed by atoms with Crippen molar-refractivity contribution in [1.82, 2.24) is 19.6 Å². The Labute approximate surface area is 106 Å². The summed E-state index contributed by atoms with van der Waals surface area (Å²) in [5.41, 5.74) is 4.64. The molecule has 96 valence electrons. The van der Waals surface area contributed by atoms with Gasteiger partial charge in [-0.25, -0.2) is 4.68 Å². The minimum atomic E-state index is 0.603. The molecule has 0 saturated heterocycles. The van der Waals surface area contributed by atoms with Crippen molar-refractivity contribution >= 4 is 6.29 Å². The third kappa shape index (κ3) is 1.66. The SMILES string of the molecule is CCc1c(C)nn(-c2c(C=O)c(C)nn2C)c1C. The first kappa shape index (κ1) is 12.5. The lowest BCUT2D eigenvalue weighted by Gasteiger charge is -2.06. The first-order valence-corrected chi connectivity index (χ1v) is 6.05. The second-order valence-corrected chi connectivity index (χ2v) is 4.48. The molecule has 0 aliphatic carbocycles. The summed E-state index contributed by atoms with van der Waals surface area (Å²) in [5.74, 6) is 0.739. The van der Waals surface area contributed by atoms with Gasteiger partial charge in [0.25, 0.3) is 0 Å².